The summed E-state index contributed by atoms with van der Waals surface area (Å²) in [5.74, 6) is 0.00176. The van der Waals surface area contributed by atoms with Gasteiger partial charge < -0.3 is 0 Å². The van der Waals surface area contributed by atoms with Crippen LogP contribution in [0.1, 0.15) is 16.6 Å². The second-order valence-electron chi connectivity index (χ2n) is 3.19. The Hall–Kier alpha value is -0.900. The van der Waals surface area contributed by atoms with Gasteiger partial charge in [-0.3, -0.25) is 4.79 Å². The van der Waals surface area contributed by atoms with Gasteiger partial charge in [-0.2, -0.15) is 0 Å². The number of aromatic nitrogens is 1. The quantitative estimate of drug-likeness (QED) is 0.762. The molecule has 82 valence electrons. The van der Waals surface area contributed by atoms with Gasteiger partial charge >= 0.3 is 0 Å². The molecule has 5 heteroatoms. The molecule has 2 rings (SSSR count). The normalized spacial score (nSPS) is 10.4. The molecule has 0 spiro atoms. The van der Waals surface area contributed by atoms with Gasteiger partial charge in [-0.1, -0.05) is 35.3 Å². The minimum Gasteiger partial charge on any atom is -0.294 e. The van der Waals surface area contributed by atoms with E-state index in [9.17, 15) is 4.79 Å². The van der Waals surface area contributed by atoms with E-state index in [0.29, 0.717) is 19.9 Å². The molecule has 0 aliphatic rings. The van der Waals surface area contributed by atoms with Crippen LogP contribution in [0, 0.1) is 0 Å². The molecule has 1 heterocycles. The van der Waals surface area contributed by atoms with Crippen molar-refractivity contribution in [1.29, 1.82) is 0 Å². The Labute approximate surface area is 107 Å². The van der Waals surface area contributed by atoms with Crippen LogP contribution in [0.4, 0.5) is 0 Å². The Morgan fingerprint density at radius 3 is 2.75 bits per heavy atom. The Kier molecular flexibility index (Phi) is 3.28. The van der Waals surface area contributed by atoms with Gasteiger partial charge in [0.25, 0.3) is 0 Å². The van der Waals surface area contributed by atoms with E-state index < -0.39 is 0 Å². The molecule has 0 N–H and O–H groups in total. The van der Waals surface area contributed by atoms with Crippen LogP contribution >= 0.6 is 34.5 Å². The van der Waals surface area contributed by atoms with Crippen LogP contribution in [0.5, 0.6) is 0 Å². The van der Waals surface area contributed by atoms with Gasteiger partial charge in [0.15, 0.2) is 5.78 Å². The number of hydrogen-bond acceptors (Lipinski definition) is 3. The maximum absolute atomic E-state index is 11.2. The van der Waals surface area contributed by atoms with Gasteiger partial charge in [-0.05, 0) is 6.07 Å². The van der Waals surface area contributed by atoms with Gasteiger partial charge in [0.1, 0.15) is 5.01 Å². The number of hydrogen-bond donors (Lipinski definition) is 0. The van der Waals surface area contributed by atoms with Crippen molar-refractivity contribution in [3.05, 3.63) is 39.3 Å². The molecule has 0 aliphatic heterocycles. The maximum atomic E-state index is 11.2. The van der Waals surface area contributed by atoms with Gasteiger partial charge in [-0.25, -0.2) is 4.98 Å². The number of Topliss-reactive ketones (excluding diaryl/α,β-unsaturated/α-hetero) is 1. The number of ketones is 1. The predicted molar refractivity (Wildman–Crippen MR) is 67.6 cm³/mol. The smallest absolute Gasteiger partial charge is 0.171 e. The summed E-state index contributed by atoms with van der Waals surface area (Å²) in [7, 11) is 0. The zero-order chi connectivity index (χ0) is 11.7. The highest BCUT2D eigenvalue weighted by atomic mass is 35.5. The maximum Gasteiger partial charge on any atom is 0.171 e. The zero-order valence-electron chi connectivity index (χ0n) is 8.33. The molecule has 0 saturated heterocycles. The third kappa shape index (κ3) is 2.12. The van der Waals surface area contributed by atoms with E-state index in [1.54, 1.807) is 18.3 Å². The molecule has 1 aromatic carbocycles. The molecule has 2 nitrogen and oxygen atoms in total. The largest absolute Gasteiger partial charge is 0.294 e. The fourth-order valence-corrected chi connectivity index (χ4v) is 2.52. The summed E-state index contributed by atoms with van der Waals surface area (Å²) in [6, 6.07) is 5.35. The molecular weight excluding hydrogens is 265 g/mol. The zero-order valence-corrected chi connectivity index (χ0v) is 10.7. The topological polar surface area (TPSA) is 30.0 Å². The van der Waals surface area contributed by atoms with E-state index in [4.69, 9.17) is 23.2 Å². The Balaban J connectivity index is 2.50. The lowest BCUT2D eigenvalue weighted by atomic mass is 10.2. The SMILES string of the molecule is CC(=O)c1cnc(-c2cccc(Cl)c2Cl)s1. The first-order valence-electron chi connectivity index (χ1n) is 4.50. The van der Waals surface area contributed by atoms with Gasteiger partial charge in [-0.15, -0.1) is 11.3 Å². The lowest BCUT2D eigenvalue weighted by molar-refractivity contribution is 0.102. The summed E-state index contributed by atoms with van der Waals surface area (Å²) >= 11 is 13.3. The molecule has 0 aliphatic carbocycles. The lowest BCUT2D eigenvalue weighted by Crippen LogP contribution is -1.83. The van der Waals surface area contributed by atoms with Crippen LogP contribution in [0.3, 0.4) is 0 Å². The van der Waals surface area contributed by atoms with Crippen molar-refractivity contribution in [2.24, 2.45) is 0 Å². The second kappa shape index (κ2) is 4.53. The molecule has 0 atom stereocenters. The van der Waals surface area contributed by atoms with E-state index in [2.05, 4.69) is 4.98 Å². The van der Waals surface area contributed by atoms with Crippen molar-refractivity contribution in [3.8, 4) is 10.6 Å². The molecule has 0 saturated carbocycles. The number of thiazole rings is 1. The van der Waals surface area contributed by atoms with Crippen LogP contribution in [0.15, 0.2) is 24.4 Å². The Morgan fingerprint density at radius 1 is 1.38 bits per heavy atom. The third-order valence-electron chi connectivity index (χ3n) is 2.03. The monoisotopic (exact) mass is 271 g/mol. The first kappa shape index (κ1) is 11.6. The summed E-state index contributed by atoms with van der Waals surface area (Å²) in [4.78, 5) is 15.9. The number of carbonyl (C=O) groups is 1. The Bertz CT molecular complexity index is 551. The molecule has 0 radical (unpaired) electrons. The van der Waals surface area contributed by atoms with E-state index >= 15 is 0 Å². The molecule has 1 aromatic heterocycles. The fourth-order valence-electron chi connectivity index (χ4n) is 1.23. The number of carbonyl (C=O) groups excluding carboxylic acids is 1. The van der Waals surface area contributed by atoms with E-state index in [1.165, 1.54) is 18.3 Å². The van der Waals surface area contributed by atoms with Crippen molar-refractivity contribution < 1.29 is 4.79 Å². The van der Waals surface area contributed by atoms with E-state index in [1.807, 2.05) is 6.07 Å². The van der Waals surface area contributed by atoms with Crippen LogP contribution in [0.25, 0.3) is 10.6 Å². The minimum absolute atomic E-state index is 0.00176. The number of rotatable bonds is 2. The lowest BCUT2D eigenvalue weighted by Gasteiger charge is -2.01. The van der Waals surface area contributed by atoms with Crippen LogP contribution in [-0.4, -0.2) is 10.8 Å². The van der Waals surface area contributed by atoms with Crippen molar-refractivity contribution in [3.63, 3.8) is 0 Å². The number of nitrogens with zero attached hydrogens (tertiary/aromatic N) is 1. The summed E-state index contributed by atoms with van der Waals surface area (Å²) in [6.45, 7) is 1.51. The molecular formula is C11H7Cl2NOS. The first-order chi connectivity index (χ1) is 7.59. The second-order valence-corrected chi connectivity index (χ2v) is 5.00. The summed E-state index contributed by atoms with van der Waals surface area (Å²) in [6.07, 6.45) is 1.56. The van der Waals surface area contributed by atoms with Gasteiger partial charge in [0.05, 0.1) is 14.9 Å². The summed E-state index contributed by atoms with van der Waals surface area (Å²) in [5.41, 5.74) is 0.756. The molecule has 16 heavy (non-hydrogen) atoms. The van der Waals surface area contributed by atoms with E-state index in [0.717, 1.165) is 5.56 Å². The van der Waals surface area contributed by atoms with Gasteiger partial charge in [0.2, 0.25) is 0 Å². The highest BCUT2D eigenvalue weighted by Gasteiger charge is 2.12. The standard InChI is InChI=1S/C11H7Cl2NOS/c1-6(15)9-5-14-11(16-9)7-3-2-4-8(12)10(7)13/h2-5H,1H3. The number of benzene rings is 1. The van der Waals surface area contributed by atoms with Crippen LogP contribution in [-0.2, 0) is 0 Å². The molecule has 0 unspecified atom stereocenters. The molecule has 0 bridgehead atoms. The third-order valence-corrected chi connectivity index (χ3v) is 3.99. The van der Waals surface area contributed by atoms with Crippen LogP contribution < -0.4 is 0 Å². The van der Waals surface area contributed by atoms with Crippen molar-refractivity contribution in [2.75, 3.05) is 0 Å². The Morgan fingerprint density at radius 2 is 2.12 bits per heavy atom. The van der Waals surface area contributed by atoms with Crippen molar-refractivity contribution >= 4 is 40.3 Å². The number of halogens is 2. The molecule has 0 amide bonds. The first-order valence-corrected chi connectivity index (χ1v) is 6.08. The van der Waals surface area contributed by atoms with Crippen molar-refractivity contribution in [2.45, 2.75) is 6.92 Å². The summed E-state index contributed by atoms with van der Waals surface area (Å²) < 4.78 is 0. The summed E-state index contributed by atoms with van der Waals surface area (Å²) in [5, 5.41) is 1.66. The van der Waals surface area contributed by atoms with Gasteiger partial charge in [0, 0.05) is 18.7 Å². The molecule has 2 aromatic rings. The van der Waals surface area contributed by atoms with E-state index in [-0.39, 0.29) is 5.78 Å². The average Bonchev–Trinajstić information content (AvgIpc) is 2.71. The van der Waals surface area contributed by atoms with Crippen molar-refractivity contribution in [1.82, 2.24) is 4.98 Å². The highest BCUT2D eigenvalue weighted by molar-refractivity contribution is 7.17. The molecule has 0 fully saturated rings. The fraction of sp³-hybridized carbons (Fsp3) is 0.0909. The average molecular weight is 272 g/mol. The predicted octanol–water partition coefficient (Wildman–Crippen LogP) is 4.32. The van der Waals surface area contributed by atoms with Crippen LogP contribution in [0.2, 0.25) is 10.0 Å². The highest BCUT2D eigenvalue weighted by Crippen LogP contribution is 2.35. The minimum atomic E-state index is 0.00176.